The molecule has 6 nitrogen and oxygen atoms in total. The standard InChI is InChI=1S/C46H84N2O4/c1-5-7-9-11-13-15-17-19-21-23-25-27-31-37-47(3)39-33-41-51-45(49)43-35-29-30-36-44(43)46(50)52-42-34-40-48(4)38-32-28-26-24-22-20-18-16-14-12-10-8-6-2/h29-30,35-36H,5-28,31-34,37-42H2,1-4H3. The zero-order valence-electron chi connectivity index (χ0n) is 34.9. The van der Waals surface area contributed by atoms with Crippen LogP contribution in [0.2, 0.25) is 0 Å². The normalized spacial score (nSPS) is 11.5. The molecule has 0 spiro atoms. The number of ether oxygens (including phenoxy) is 2. The second-order valence-electron chi connectivity index (χ2n) is 15.6. The second kappa shape index (κ2) is 36.1. The quantitative estimate of drug-likeness (QED) is 0.0499. The van der Waals surface area contributed by atoms with Gasteiger partial charge in [-0.1, -0.05) is 180 Å². The number of nitrogens with zero attached hydrogens (tertiary/aromatic N) is 2. The van der Waals surface area contributed by atoms with Crippen molar-refractivity contribution in [3.63, 3.8) is 0 Å². The summed E-state index contributed by atoms with van der Waals surface area (Å²) >= 11 is 0. The molecule has 0 unspecified atom stereocenters. The van der Waals surface area contributed by atoms with E-state index < -0.39 is 11.9 Å². The monoisotopic (exact) mass is 729 g/mol. The molecule has 0 aliphatic rings. The highest BCUT2D eigenvalue weighted by Gasteiger charge is 2.19. The van der Waals surface area contributed by atoms with Gasteiger partial charge in [0.1, 0.15) is 0 Å². The van der Waals surface area contributed by atoms with E-state index in [1.807, 2.05) is 0 Å². The minimum absolute atomic E-state index is 0.285. The van der Waals surface area contributed by atoms with Crippen LogP contribution in [0, 0.1) is 0 Å². The maximum atomic E-state index is 12.9. The van der Waals surface area contributed by atoms with Crippen molar-refractivity contribution in [2.24, 2.45) is 0 Å². The lowest BCUT2D eigenvalue weighted by Crippen LogP contribution is -2.23. The Hall–Kier alpha value is -1.92. The molecular weight excluding hydrogens is 645 g/mol. The van der Waals surface area contributed by atoms with Crippen molar-refractivity contribution in [3.8, 4) is 0 Å². The highest BCUT2D eigenvalue weighted by molar-refractivity contribution is 6.03. The predicted octanol–water partition coefficient (Wildman–Crippen LogP) is 12.8. The van der Waals surface area contributed by atoms with Crippen molar-refractivity contribution >= 4 is 11.9 Å². The Bertz CT molecular complexity index is 879. The summed E-state index contributed by atoms with van der Waals surface area (Å²) in [6, 6.07) is 6.84. The topological polar surface area (TPSA) is 59.1 Å². The summed E-state index contributed by atoms with van der Waals surface area (Å²) in [4.78, 5) is 30.4. The molecule has 0 amide bonds. The van der Waals surface area contributed by atoms with E-state index in [-0.39, 0.29) is 11.1 Å². The SMILES string of the molecule is CCCCCCCCCCCCCCCN(C)CCCOC(=O)c1ccccc1C(=O)OCCCN(C)CCCCCCCCCCCCCCC. The number of rotatable bonds is 38. The molecule has 0 aliphatic carbocycles. The molecule has 0 radical (unpaired) electrons. The average Bonchev–Trinajstić information content (AvgIpc) is 3.15. The third kappa shape index (κ3) is 28.6. The van der Waals surface area contributed by atoms with Crippen molar-refractivity contribution in [1.29, 1.82) is 0 Å². The van der Waals surface area contributed by atoms with Crippen molar-refractivity contribution in [1.82, 2.24) is 9.80 Å². The van der Waals surface area contributed by atoms with Crippen LogP contribution < -0.4 is 0 Å². The van der Waals surface area contributed by atoms with Gasteiger partial charge in [-0.05, 0) is 65.0 Å². The first-order chi connectivity index (χ1) is 25.5. The number of hydrogen-bond acceptors (Lipinski definition) is 6. The fourth-order valence-corrected chi connectivity index (χ4v) is 7.02. The molecule has 1 aromatic rings. The Morgan fingerprint density at radius 1 is 0.404 bits per heavy atom. The first-order valence-electron chi connectivity index (χ1n) is 22.3. The molecule has 0 fully saturated rings. The zero-order chi connectivity index (χ0) is 37.7. The fourth-order valence-electron chi connectivity index (χ4n) is 7.02. The van der Waals surface area contributed by atoms with Crippen molar-refractivity contribution < 1.29 is 19.1 Å². The average molecular weight is 729 g/mol. The lowest BCUT2D eigenvalue weighted by Gasteiger charge is -2.17. The molecule has 0 bridgehead atoms. The summed E-state index contributed by atoms with van der Waals surface area (Å²) in [5.41, 5.74) is 0.569. The Morgan fingerprint density at radius 2 is 0.654 bits per heavy atom. The minimum atomic E-state index is -0.454. The summed E-state index contributed by atoms with van der Waals surface area (Å²) in [7, 11) is 4.29. The second-order valence-corrected chi connectivity index (χ2v) is 15.6. The lowest BCUT2D eigenvalue weighted by atomic mass is 10.0. The first-order valence-corrected chi connectivity index (χ1v) is 22.3. The van der Waals surface area contributed by atoms with Crippen molar-refractivity contribution in [2.45, 2.75) is 194 Å². The van der Waals surface area contributed by atoms with E-state index in [4.69, 9.17) is 9.47 Å². The fraction of sp³-hybridized carbons (Fsp3) is 0.826. The van der Waals surface area contributed by atoms with Crippen LogP contribution in [-0.2, 0) is 9.47 Å². The smallest absolute Gasteiger partial charge is 0.339 e. The molecule has 0 aliphatic heterocycles. The molecular formula is C46H84N2O4. The van der Waals surface area contributed by atoms with Gasteiger partial charge in [0.2, 0.25) is 0 Å². The molecule has 0 aromatic heterocycles. The summed E-state index contributed by atoms with van der Waals surface area (Å²) in [5.74, 6) is -0.909. The van der Waals surface area contributed by atoms with Crippen LogP contribution in [-0.4, -0.2) is 75.2 Å². The van der Waals surface area contributed by atoms with Crippen LogP contribution in [0.25, 0.3) is 0 Å². The van der Waals surface area contributed by atoms with Gasteiger partial charge in [0.25, 0.3) is 0 Å². The van der Waals surface area contributed by atoms with E-state index >= 15 is 0 Å². The molecule has 6 heteroatoms. The molecule has 0 saturated carbocycles. The van der Waals surface area contributed by atoms with Gasteiger partial charge < -0.3 is 19.3 Å². The van der Waals surface area contributed by atoms with E-state index in [2.05, 4.69) is 37.7 Å². The number of carbonyl (C=O) groups is 2. The van der Waals surface area contributed by atoms with Crippen LogP contribution in [0.5, 0.6) is 0 Å². The van der Waals surface area contributed by atoms with E-state index in [9.17, 15) is 9.59 Å². The Labute approximate surface area is 322 Å². The van der Waals surface area contributed by atoms with Gasteiger partial charge in [0.15, 0.2) is 0 Å². The molecule has 0 heterocycles. The predicted molar refractivity (Wildman–Crippen MR) is 223 cm³/mol. The van der Waals surface area contributed by atoms with Crippen LogP contribution in [0.4, 0.5) is 0 Å². The van der Waals surface area contributed by atoms with Gasteiger partial charge in [0.05, 0.1) is 24.3 Å². The number of hydrogen-bond donors (Lipinski definition) is 0. The number of benzene rings is 1. The Kier molecular flexibility index (Phi) is 33.4. The number of esters is 2. The molecule has 0 saturated heterocycles. The van der Waals surface area contributed by atoms with Crippen LogP contribution >= 0.6 is 0 Å². The Balaban J connectivity index is 2.07. The zero-order valence-corrected chi connectivity index (χ0v) is 34.9. The number of carbonyl (C=O) groups excluding carboxylic acids is 2. The summed E-state index contributed by atoms with van der Waals surface area (Å²) in [5, 5.41) is 0. The van der Waals surface area contributed by atoms with E-state index in [1.165, 1.54) is 167 Å². The highest BCUT2D eigenvalue weighted by atomic mass is 16.5. The lowest BCUT2D eigenvalue weighted by molar-refractivity contribution is 0.0444. The third-order valence-corrected chi connectivity index (χ3v) is 10.5. The first kappa shape index (κ1) is 48.1. The van der Waals surface area contributed by atoms with Gasteiger partial charge in [0, 0.05) is 13.1 Å². The maximum absolute atomic E-state index is 12.9. The molecule has 52 heavy (non-hydrogen) atoms. The van der Waals surface area contributed by atoms with Gasteiger partial charge in [-0.3, -0.25) is 0 Å². The molecule has 1 aromatic carbocycles. The van der Waals surface area contributed by atoms with Crippen molar-refractivity contribution in [2.75, 3.05) is 53.5 Å². The number of unbranched alkanes of at least 4 members (excludes halogenated alkanes) is 24. The highest BCUT2D eigenvalue weighted by Crippen LogP contribution is 2.15. The summed E-state index contributed by atoms with van der Waals surface area (Å²) in [6.45, 7) is 9.19. The van der Waals surface area contributed by atoms with Gasteiger partial charge in [-0.15, -0.1) is 0 Å². The van der Waals surface area contributed by atoms with Crippen LogP contribution in [0.15, 0.2) is 24.3 Å². The largest absolute Gasteiger partial charge is 0.462 e. The summed E-state index contributed by atoms with van der Waals surface area (Å²) < 4.78 is 11.1. The molecule has 302 valence electrons. The summed E-state index contributed by atoms with van der Waals surface area (Å²) in [6.07, 6.45) is 37.2. The van der Waals surface area contributed by atoms with E-state index in [1.54, 1.807) is 24.3 Å². The molecule has 0 N–H and O–H groups in total. The molecule has 0 atom stereocenters. The molecule has 1 rings (SSSR count). The van der Waals surface area contributed by atoms with E-state index in [0.717, 1.165) is 39.0 Å². The Morgan fingerprint density at radius 3 is 0.942 bits per heavy atom. The van der Waals surface area contributed by atoms with Crippen LogP contribution in [0.3, 0.4) is 0 Å². The third-order valence-electron chi connectivity index (χ3n) is 10.5. The van der Waals surface area contributed by atoms with E-state index in [0.29, 0.717) is 13.2 Å². The maximum Gasteiger partial charge on any atom is 0.339 e. The van der Waals surface area contributed by atoms with Gasteiger partial charge in [-0.25, -0.2) is 9.59 Å². The van der Waals surface area contributed by atoms with Gasteiger partial charge >= 0.3 is 11.9 Å². The van der Waals surface area contributed by atoms with Crippen molar-refractivity contribution in [3.05, 3.63) is 35.4 Å². The van der Waals surface area contributed by atoms with Crippen LogP contribution in [0.1, 0.15) is 214 Å². The minimum Gasteiger partial charge on any atom is -0.462 e. The van der Waals surface area contributed by atoms with Gasteiger partial charge in [-0.2, -0.15) is 0 Å².